The summed E-state index contributed by atoms with van der Waals surface area (Å²) in [6, 6.07) is 7.24. The lowest BCUT2D eigenvalue weighted by Crippen LogP contribution is -2.32. The third-order valence-electron chi connectivity index (χ3n) is 3.14. The average Bonchev–Trinajstić information content (AvgIpc) is 3.04. The smallest absolute Gasteiger partial charge is 0.319 e. The maximum atomic E-state index is 13.8. The van der Waals surface area contributed by atoms with Crippen LogP contribution in [0.15, 0.2) is 41.0 Å². The van der Waals surface area contributed by atoms with Gasteiger partial charge in [-0.15, -0.1) is 0 Å². The van der Waals surface area contributed by atoms with Crippen LogP contribution in [0.25, 0.3) is 11.3 Å². The van der Waals surface area contributed by atoms with Crippen molar-refractivity contribution in [3.63, 3.8) is 0 Å². The molecule has 2 rings (SSSR count). The summed E-state index contributed by atoms with van der Waals surface area (Å²) in [5.74, 6) is 0.0334. The van der Waals surface area contributed by atoms with E-state index in [0.717, 1.165) is 0 Å². The summed E-state index contributed by atoms with van der Waals surface area (Å²) in [5.41, 5.74) is 0.705. The second-order valence-corrected chi connectivity index (χ2v) is 4.95. The number of nitrogens with one attached hydrogen (secondary N) is 2. The lowest BCUT2D eigenvalue weighted by Gasteiger charge is -2.12. The Balaban J connectivity index is 1.91. The molecule has 3 N–H and O–H groups in total. The number of methoxy groups -OCH3 is 1. The van der Waals surface area contributed by atoms with E-state index in [4.69, 9.17) is 9.15 Å². The van der Waals surface area contributed by atoms with Crippen LogP contribution in [-0.2, 0) is 4.74 Å². The minimum absolute atomic E-state index is 0.0499. The Kier molecular flexibility index (Phi) is 6.13. The summed E-state index contributed by atoms with van der Waals surface area (Å²) in [4.78, 5) is 11.8. The molecule has 0 spiro atoms. The standard InChI is InChI=1S/C16H19FN2O4/c1-22-10-12(20)6-7-18-16(21)19-14-9-11(4-5-13(14)17)15-3-2-8-23-15/h2-5,8-9,12,20H,6-7,10H2,1H3,(H2,18,19,21). The SMILES string of the molecule is COCC(O)CCNC(=O)Nc1cc(-c2ccco2)ccc1F. The minimum Gasteiger partial charge on any atom is -0.464 e. The van der Waals surface area contributed by atoms with E-state index in [-0.39, 0.29) is 18.8 Å². The van der Waals surface area contributed by atoms with E-state index in [1.54, 1.807) is 18.2 Å². The number of hydrogen-bond acceptors (Lipinski definition) is 4. The van der Waals surface area contributed by atoms with Gasteiger partial charge < -0.3 is 24.9 Å². The number of halogens is 1. The molecule has 23 heavy (non-hydrogen) atoms. The molecule has 0 aliphatic carbocycles. The van der Waals surface area contributed by atoms with E-state index in [0.29, 0.717) is 17.7 Å². The van der Waals surface area contributed by atoms with Crippen LogP contribution in [0, 0.1) is 5.82 Å². The Morgan fingerprint density at radius 3 is 2.96 bits per heavy atom. The molecule has 1 heterocycles. The normalized spacial score (nSPS) is 12.0. The number of benzene rings is 1. The number of carbonyl (C=O) groups is 1. The minimum atomic E-state index is -0.653. The summed E-state index contributed by atoms with van der Waals surface area (Å²) < 4.78 is 23.8. The van der Waals surface area contributed by atoms with Crippen molar-refractivity contribution in [2.45, 2.75) is 12.5 Å². The Bertz CT molecular complexity index is 631. The van der Waals surface area contributed by atoms with Gasteiger partial charge in [-0.3, -0.25) is 0 Å². The van der Waals surface area contributed by atoms with Crippen molar-refractivity contribution in [3.05, 3.63) is 42.4 Å². The fourth-order valence-electron chi connectivity index (χ4n) is 2.01. The van der Waals surface area contributed by atoms with Gasteiger partial charge in [-0.25, -0.2) is 9.18 Å². The fourth-order valence-corrected chi connectivity index (χ4v) is 2.01. The zero-order valence-corrected chi connectivity index (χ0v) is 12.7. The highest BCUT2D eigenvalue weighted by molar-refractivity contribution is 5.90. The van der Waals surface area contributed by atoms with Crippen LogP contribution >= 0.6 is 0 Å². The first-order valence-electron chi connectivity index (χ1n) is 7.15. The molecule has 1 aromatic heterocycles. The predicted octanol–water partition coefficient (Wildman–Crippen LogP) is 2.60. The van der Waals surface area contributed by atoms with Crippen LogP contribution in [0.2, 0.25) is 0 Å². The number of ether oxygens (including phenoxy) is 1. The monoisotopic (exact) mass is 322 g/mol. The molecule has 2 aromatic rings. The second-order valence-electron chi connectivity index (χ2n) is 4.95. The second kappa shape index (κ2) is 8.30. The highest BCUT2D eigenvalue weighted by Crippen LogP contribution is 2.25. The summed E-state index contributed by atoms with van der Waals surface area (Å²) in [5, 5.41) is 14.5. The number of amides is 2. The highest BCUT2D eigenvalue weighted by Gasteiger charge is 2.10. The van der Waals surface area contributed by atoms with Crippen LogP contribution in [0.4, 0.5) is 14.9 Å². The van der Waals surface area contributed by atoms with Gasteiger partial charge in [-0.1, -0.05) is 0 Å². The predicted molar refractivity (Wildman–Crippen MR) is 83.6 cm³/mol. The van der Waals surface area contributed by atoms with Gasteiger partial charge in [-0.2, -0.15) is 0 Å². The Morgan fingerprint density at radius 2 is 2.26 bits per heavy atom. The van der Waals surface area contributed by atoms with Gasteiger partial charge in [0.25, 0.3) is 0 Å². The third kappa shape index (κ3) is 5.08. The van der Waals surface area contributed by atoms with Gasteiger partial charge in [0.2, 0.25) is 0 Å². The van der Waals surface area contributed by atoms with Crippen LogP contribution < -0.4 is 10.6 Å². The number of aliphatic hydroxyl groups excluding tert-OH is 1. The quantitative estimate of drug-likeness (QED) is 0.731. The van der Waals surface area contributed by atoms with Crippen molar-refractivity contribution in [2.24, 2.45) is 0 Å². The molecule has 1 atom stereocenters. The van der Waals surface area contributed by atoms with Crippen LogP contribution in [0.3, 0.4) is 0 Å². The highest BCUT2D eigenvalue weighted by atomic mass is 19.1. The molecule has 0 saturated heterocycles. The molecule has 0 aliphatic heterocycles. The Morgan fingerprint density at radius 1 is 1.43 bits per heavy atom. The van der Waals surface area contributed by atoms with Crippen molar-refractivity contribution < 1.29 is 23.4 Å². The van der Waals surface area contributed by atoms with Crippen LogP contribution in [-0.4, -0.2) is 37.5 Å². The molecule has 0 radical (unpaired) electrons. The number of aliphatic hydroxyl groups is 1. The van der Waals surface area contributed by atoms with E-state index in [2.05, 4.69) is 10.6 Å². The molecule has 1 aromatic carbocycles. The van der Waals surface area contributed by atoms with E-state index in [1.165, 1.54) is 25.5 Å². The van der Waals surface area contributed by atoms with Gasteiger partial charge >= 0.3 is 6.03 Å². The summed E-state index contributed by atoms with van der Waals surface area (Å²) >= 11 is 0. The fraction of sp³-hybridized carbons (Fsp3) is 0.312. The van der Waals surface area contributed by atoms with Gasteiger partial charge in [-0.05, 0) is 36.8 Å². The van der Waals surface area contributed by atoms with E-state index >= 15 is 0 Å². The zero-order valence-electron chi connectivity index (χ0n) is 12.7. The maximum Gasteiger partial charge on any atom is 0.319 e. The first-order chi connectivity index (χ1) is 11.1. The molecule has 0 bridgehead atoms. The van der Waals surface area contributed by atoms with Gasteiger partial charge in [0, 0.05) is 19.2 Å². The van der Waals surface area contributed by atoms with E-state index in [1.807, 2.05) is 0 Å². The van der Waals surface area contributed by atoms with Crippen LogP contribution in [0.5, 0.6) is 0 Å². The van der Waals surface area contributed by atoms with Gasteiger partial charge in [0.15, 0.2) is 0 Å². The molecule has 2 amide bonds. The van der Waals surface area contributed by atoms with Crippen molar-refractivity contribution in [1.29, 1.82) is 0 Å². The molecule has 6 nitrogen and oxygen atoms in total. The molecule has 0 saturated carbocycles. The summed E-state index contributed by atoms with van der Waals surface area (Å²) in [6.45, 7) is 0.443. The zero-order chi connectivity index (χ0) is 16.7. The number of carbonyl (C=O) groups excluding carboxylic acids is 1. The molecule has 1 unspecified atom stereocenters. The number of furan rings is 1. The van der Waals surface area contributed by atoms with E-state index < -0.39 is 18.0 Å². The number of urea groups is 1. The first kappa shape index (κ1) is 17.0. The van der Waals surface area contributed by atoms with Crippen molar-refractivity contribution >= 4 is 11.7 Å². The molecule has 0 aliphatic rings. The Hall–Kier alpha value is -2.38. The molecule has 0 fully saturated rings. The number of rotatable bonds is 7. The van der Waals surface area contributed by atoms with E-state index in [9.17, 15) is 14.3 Å². The number of hydrogen-bond donors (Lipinski definition) is 3. The third-order valence-corrected chi connectivity index (χ3v) is 3.14. The summed E-state index contributed by atoms with van der Waals surface area (Å²) in [6.07, 6.45) is 1.21. The lowest BCUT2D eigenvalue weighted by molar-refractivity contribution is 0.0599. The van der Waals surface area contributed by atoms with Crippen LogP contribution in [0.1, 0.15) is 6.42 Å². The summed E-state index contributed by atoms with van der Waals surface area (Å²) in [7, 11) is 1.48. The topological polar surface area (TPSA) is 83.7 Å². The lowest BCUT2D eigenvalue weighted by atomic mass is 10.1. The van der Waals surface area contributed by atoms with Gasteiger partial charge in [0.05, 0.1) is 24.7 Å². The maximum absolute atomic E-state index is 13.8. The van der Waals surface area contributed by atoms with Crippen molar-refractivity contribution in [1.82, 2.24) is 5.32 Å². The van der Waals surface area contributed by atoms with Gasteiger partial charge in [0.1, 0.15) is 11.6 Å². The largest absolute Gasteiger partial charge is 0.464 e. The molecule has 124 valence electrons. The molecular formula is C16H19FN2O4. The Labute approximate surface area is 133 Å². The molecule has 7 heteroatoms. The first-order valence-corrected chi connectivity index (χ1v) is 7.15. The molecular weight excluding hydrogens is 303 g/mol. The van der Waals surface area contributed by atoms with Crippen molar-refractivity contribution in [3.8, 4) is 11.3 Å². The van der Waals surface area contributed by atoms with Crippen molar-refractivity contribution in [2.75, 3.05) is 25.6 Å². The average molecular weight is 322 g/mol. The number of anilines is 1.